The molecule has 2 aromatic rings. The van der Waals surface area contributed by atoms with E-state index in [4.69, 9.17) is 4.98 Å². The number of aryl methyl sites for hydroxylation is 1. The van der Waals surface area contributed by atoms with Crippen LogP contribution in [0.25, 0.3) is 10.3 Å². The molecule has 3 aliphatic rings. The molecule has 0 spiro atoms. The van der Waals surface area contributed by atoms with E-state index in [1.165, 1.54) is 45.1 Å². The second-order valence-electron chi connectivity index (χ2n) is 9.85. The van der Waals surface area contributed by atoms with Crippen LogP contribution in [0.1, 0.15) is 79.6 Å². The molecule has 6 nitrogen and oxygen atoms in total. The van der Waals surface area contributed by atoms with Crippen LogP contribution in [0.2, 0.25) is 0 Å². The number of thiazole rings is 1. The number of hydrogen-bond acceptors (Lipinski definition) is 6. The van der Waals surface area contributed by atoms with Gasteiger partial charge in [0, 0.05) is 31.6 Å². The lowest BCUT2D eigenvalue weighted by molar-refractivity contribution is 0.0567. The molecule has 1 atom stereocenters. The van der Waals surface area contributed by atoms with Gasteiger partial charge in [-0.3, -0.25) is 9.69 Å². The Balaban J connectivity index is 1.43. The van der Waals surface area contributed by atoms with Gasteiger partial charge in [0.05, 0.1) is 5.01 Å². The van der Waals surface area contributed by atoms with Crippen molar-refractivity contribution in [1.29, 1.82) is 0 Å². The van der Waals surface area contributed by atoms with Gasteiger partial charge in [0.2, 0.25) is 0 Å². The molecular formula is C22H31N5OS. The first-order chi connectivity index (χ1) is 13.9. The molecule has 0 bridgehead atoms. The van der Waals surface area contributed by atoms with Crippen LogP contribution >= 0.6 is 11.3 Å². The van der Waals surface area contributed by atoms with Gasteiger partial charge in [-0.05, 0) is 57.4 Å². The Morgan fingerprint density at radius 1 is 1.07 bits per heavy atom. The minimum Gasteiger partial charge on any atom is -0.334 e. The maximum absolute atomic E-state index is 13.4. The quantitative estimate of drug-likeness (QED) is 0.745. The molecular weight excluding hydrogens is 382 g/mol. The summed E-state index contributed by atoms with van der Waals surface area (Å²) in [6, 6.07) is 0.516. The van der Waals surface area contributed by atoms with Crippen LogP contribution in [-0.4, -0.2) is 62.9 Å². The molecule has 0 N–H and O–H groups in total. The highest BCUT2D eigenvalue weighted by atomic mass is 32.1. The molecule has 3 fully saturated rings. The predicted octanol–water partition coefficient (Wildman–Crippen LogP) is 4.00. The smallest absolute Gasteiger partial charge is 0.274 e. The summed E-state index contributed by atoms with van der Waals surface area (Å²) in [5.41, 5.74) is 1.67. The van der Waals surface area contributed by atoms with E-state index in [1.54, 1.807) is 11.3 Å². The minimum atomic E-state index is 0.0358. The van der Waals surface area contributed by atoms with Crippen LogP contribution in [0.4, 0.5) is 0 Å². The number of carbonyl (C=O) groups is 1. The number of rotatable bonds is 2. The Labute approximate surface area is 176 Å². The summed E-state index contributed by atoms with van der Waals surface area (Å²) in [5, 5.41) is 1.14. The third kappa shape index (κ3) is 3.67. The predicted molar refractivity (Wildman–Crippen MR) is 115 cm³/mol. The van der Waals surface area contributed by atoms with Gasteiger partial charge >= 0.3 is 0 Å². The largest absolute Gasteiger partial charge is 0.334 e. The second-order valence-corrected chi connectivity index (χ2v) is 10.9. The van der Waals surface area contributed by atoms with Crippen LogP contribution < -0.4 is 0 Å². The number of carbonyl (C=O) groups excluding carboxylic acids is 1. The molecule has 4 heterocycles. The van der Waals surface area contributed by atoms with E-state index in [2.05, 4.69) is 28.7 Å². The SMILES string of the molecule is Cc1nc(C(=O)N2CCN3CCC[C@H]3C2)c2nc(C3CCC(C)(C)CC3)sc2n1. The van der Waals surface area contributed by atoms with Crippen LogP contribution in [-0.2, 0) is 0 Å². The fourth-order valence-electron chi connectivity index (χ4n) is 5.24. The topological polar surface area (TPSA) is 62.2 Å². The van der Waals surface area contributed by atoms with Gasteiger partial charge < -0.3 is 4.90 Å². The Morgan fingerprint density at radius 2 is 1.86 bits per heavy atom. The van der Waals surface area contributed by atoms with Gasteiger partial charge in [-0.25, -0.2) is 15.0 Å². The van der Waals surface area contributed by atoms with Crippen molar-refractivity contribution in [3.05, 3.63) is 16.5 Å². The van der Waals surface area contributed by atoms with Gasteiger partial charge in [-0.2, -0.15) is 0 Å². The van der Waals surface area contributed by atoms with Crippen molar-refractivity contribution in [3.8, 4) is 0 Å². The van der Waals surface area contributed by atoms with Gasteiger partial charge in [-0.15, -0.1) is 0 Å². The lowest BCUT2D eigenvalue weighted by atomic mass is 9.73. The third-order valence-electron chi connectivity index (χ3n) is 7.15. The maximum atomic E-state index is 13.4. The Kier molecular flexibility index (Phi) is 4.86. The average molecular weight is 414 g/mol. The van der Waals surface area contributed by atoms with Crippen molar-refractivity contribution >= 4 is 27.6 Å². The van der Waals surface area contributed by atoms with Crippen molar-refractivity contribution in [2.45, 2.75) is 71.3 Å². The summed E-state index contributed by atoms with van der Waals surface area (Å²) >= 11 is 1.67. The first-order valence-electron chi connectivity index (χ1n) is 11.1. The zero-order valence-electron chi connectivity index (χ0n) is 17.8. The molecule has 5 rings (SSSR count). The van der Waals surface area contributed by atoms with E-state index in [9.17, 15) is 4.79 Å². The zero-order chi connectivity index (χ0) is 20.2. The fourth-order valence-corrected chi connectivity index (χ4v) is 6.39. The normalized spacial score (nSPS) is 25.5. The van der Waals surface area contributed by atoms with Crippen molar-refractivity contribution in [2.75, 3.05) is 26.2 Å². The molecule has 7 heteroatoms. The highest BCUT2D eigenvalue weighted by Crippen LogP contribution is 2.44. The summed E-state index contributed by atoms with van der Waals surface area (Å²) in [7, 11) is 0. The van der Waals surface area contributed by atoms with Gasteiger partial charge in [-0.1, -0.05) is 25.2 Å². The Hall–Kier alpha value is -1.60. The molecule has 29 heavy (non-hydrogen) atoms. The molecule has 0 aromatic carbocycles. The average Bonchev–Trinajstić information content (AvgIpc) is 3.32. The van der Waals surface area contributed by atoms with Crippen molar-refractivity contribution < 1.29 is 4.79 Å². The molecule has 156 valence electrons. The number of amides is 1. The zero-order valence-corrected chi connectivity index (χ0v) is 18.6. The molecule has 0 unspecified atom stereocenters. The molecule has 2 saturated heterocycles. The van der Waals surface area contributed by atoms with Gasteiger partial charge in [0.15, 0.2) is 5.69 Å². The first kappa shape index (κ1) is 19.4. The van der Waals surface area contributed by atoms with E-state index in [0.717, 1.165) is 35.0 Å². The van der Waals surface area contributed by atoms with E-state index in [-0.39, 0.29) is 5.91 Å². The summed E-state index contributed by atoms with van der Waals surface area (Å²) < 4.78 is 0. The summed E-state index contributed by atoms with van der Waals surface area (Å²) in [5.74, 6) is 1.20. The van der Waals surface area contributed by atoms with Crippen LogP contribution in [0.3, 0.4) is 0 Å². The maximum Gasteiger partial charge on any atom is 0.274 e. The monoisotopic (exact) mass is 413 g/mol. The fraction of sp³-hybridized carbons (Fsp3) is 0.727. The van der Waals surface area contributed by atoms with Crippen molar-refractivity contribution in [2.24, 2.45) is 5.41 Å². The van der Waals surface area contributed by atoms with Gasteiger partial charge in [0.25, 0.3) is 5.91 Å². The van der Waals surface area contributed by atoms with Crippen LogP contribution in [0.5, 0.6) is 0 Å². The number of fused-ring (bicyclic) bond motifs is 2. The standard InChI is InChI=1S/C22H31N5OS/c1-14-23-18(21(28)27-12-11-26-10-4-5-16(26)13-27)17-20(24-14)29-19(25-17)15-6-8-22(2,3)9-7-15/h15-16H,4-13H2,1-3H3/t16-/m0/s1. The Morgan fingerprint density at radius 3 is 2.66 bits per heavy atom. The highest BCUT2D eigenvalue weighted by Gasteiger charge is 2.35. The van der Waals surface area contributed by atoms with E-state index < -0.39 is 0 Å². The number of nitrogens with zero attached hydrogens (tertiary/aromatic N) is 5. The molecule has 0 radical (unpaired) electrons. The molecule has 1 aliphatic carbocycles. The highest BCUT2D eigenvalue weighted by molar-refractivity contribution is 7.18. The van der Waals surface area contributed by atoms with E-state index in [0.29, 0.717) is 28.9 Å². The minimum absolute atomic E-state index is 0.0358. The van der Waals surface area contributed by atoms with Crippen molar-refractivity contribution in [1.82, 2.24) is 24.8 Å². The van der Waals surface area contributed by atoms with Crippen LogP contribution in [0, 0.1) is 12.3 Å². The van der Waals surface area contributed by atoms with Crippen LogP contribution in [0.15, 0.2) is 0 Å². The second kappa shape index (κ2) is 7.27. The molecule has 2 aliphatic heterocycles. The van der Waals surface area contributed by atoms with E-state index >= 15 is 0 Å². The first-order valence-corrected chi connectivity index (χ1v) is 11.9. The Bertz CT molecular complexity index is 929. The van der Waals surface area contributed by atoms with Gasteiger partial charge in [0.1, 0.15) is 16.2 Å². The summed E-state index contributed by atoms with van der Waals surface area (Å²) in [6.07, 6.45) is 7.25. The number of piperazine rings is 1. The third-order valence-corrected chi connectivity index (χ3v) is 8.26. The molecule has 2 aromatic heterocycles. The molecule has 1 amide bonds. The molecule has 1 saturated carbocycles. The number of hydrogen-bond donors (Lipinski definition) is 0. The number of aromatic nitrogens is 3. The summed E-state index contributed by atoms with van der Waals surface area (Å²) in [4.78, 5) is 32.9. The summed E-state index contributed by atoms with van der Waals surface area (Å²) in [6.45, 7) is 10.4. The van der Waals surface area contributed by atoms with Crippen molar-refractivity contribution in [3.63, 3.8) is 0 Å². The lowest BCUT2D eigenvalue weighted by Crippen LogP contribution is -2.52. The lowest BCUT2D eigenvalue weighted by Gasteiger charge is -2.37. The van der Waals surface area contributed by atoms with E-state index in [1.807, 2.05) is 11.8 Å².